The average molecular weight is 264 g/mol. The standard InChI is InChI=1S/C15H20O4/c1-10-6-7-11(16)13(19-2)12(10)15(14(17)18)8-4-3-5-9-15/h6-7,16H,3-5,8-9H2,1-2H3,(H,17,18). The fraction of sp³-hybridized carbons (Fsp3) is 0.533. The van der Waals surface area contributed by atoms with Crippen LogP contribution in [-0.2, 0) is 10.2 Å². The number of aromatic hydroxyl groups is 1. The largest absolute Gasteiger partial charge is 0.504 e. The highest BCUT2D eigenvalue weighted by atomic mass is 16.5. The van der Waals surface area contributed by atoms with Crippen LogP contribution in [0.4, 0.5) is 0 Å². The Hall–Kier alpha value is -1.71. The molecule has 1 aliphatic rings. The van der Waals surface area contributed by atoms with Gasteiger partial charge in [0.1, 0.15) is 0 Å². The summed E-state index contributed by atoms with van der Waals surface area (Å²) in [5.74, 6) is -0.502. The smallest absolute Gasteiger partial charge is 0.314 e. The Bertz CT molecular complexity index is 487. The van der Waals surface area contributed by atoms with Crippen LogP contribution in [-0.4, -0.2) is 23.3 Å². The highest BCUT2D eigenvalue weighted by Gasteiger charge is 2.44. The fourth-order valence-corrected chi connectivity index (χ4v) is 3.20. The van der Waals surface area contributed by atoms with Crippen LogP contribution >= 0.6 is 0 Å². The third kappa shape index (κ3) is 2.15. The maximum Gasteiger partial charge on any atom is 0.314 e. The molecule has 0 radical (unpaired) electrons. The van der Waals surface area contributed by atoms with Crippen LogP contribution in [0.3, 0.4) is 0 Å². The number of carboxylic acids is 1. The molecule has 1 aliphatic carbocycles. The minimum absolute atomic E-state index is 0.00861. The molecule has 0 heterocycles. The summed E-state index contributed by atoms with van der Waals surface area (Å²) in [4.78, 5) is 11.9. The number of aryl methyl sites for hydroxylation is 1. The Morgan fingerprint density at radius 2 is 1.89 bits per heavy atom. The average Bonchev–Trinajstić information content (AvgIpc) is 2.41. The molecule has 0 saturated heterocycles. The lowest BCUT2D eigenvalue weighted by Crippen LogP contribution is -2.38. The van der Waals surface area contributed by atoms with Gasteiger partial charge in [-0.3, -0.25) is 4.79 Å². The molecule has 2 rings (SSSR count). The summed E-state index contributed by atoms with van der Waals surface area (Å²) >= 11 is 0. The molecular weight excluding hydrogens is 244 g/mol. The fourth-order valence-electron chi connectivity index (χ4n) is 3.20. The second-order valence-corrected chi connectivity index (χ2v) is 5.26. The molecule has 0 amide bonds. The van der Waals surface area contributed by atoms with E-state index in [1.54, 1.807) is 12.1 Å². The molecule has 4 nitrogen and oxygen atoms in total. The van der Waals surface area contributed by atoms with E-state index in [0.717, 1.165) is 24.8 Å². The highest BCUT2D eigenvalue weighted by molar-refractivity contribution is 5.84. The normalized spacial score (nSPS) is 18.0. The number of phenolic OH excluding ortho intramolecular Hbond substituents is 1. The van der Waals surface area contributed by atoms with Gasteiger partial charge in [-0.2, -0.15) is 0 Å². The van der Waals surface area contributed by atoms with Crippen LogP contribution in [0.5, 0.6) is 11.5 Å². The molecule has 0 aromatic heterocycles. The van der Waals surface area contributed by atoms with Gasteiger partial charge in [0, 0.05) is 5.56 Å². The third-order valence-corrected chi connectivity index (χ3v) is 4.14. The number of hydrogen-bond donors (Lipinski definition) is 2. The summed E-state index contributed by atoms with van der Waals surface area (Å²) in [6, 6.07) is 3.31. The van der Waals surface area contributed by atoms with E-state index >= 15 is 0 Å². The van der Waals surface area contributed by atoms with Crippen LogP contribution in [0.15, 0.2) is 12.1 Å². The van der Waals surface area contributed by atoms with Gasteiger partial charge in [0.05, 0.1) is 12.5 Å². The number of carboxylic acid groups (broad SMARTS) is 1. The van der Waals surface area contributed by atoms with Gasteiger partial charge in [-0.05, 0) is 31.4 Å². The van der Waals surface area contributed by atoms with E-state index in [-0.39, 0.29) is 5.75 Å². The molecular formula is C15H20O4. The summed E-state index contributed by atoms with van der Waals surface area (Å²) < 4.78 is 5.27. The van der Waals surface area contributed by atoms with Gasteiger partial charge in [-0.1, -0.05) is 25.3 Å². The summed E-state index contributed by atoms with van der Waals surface area (Å²) in [6.45, 7) is 1.87. The highest BCUT2D eigenvalue weighted by Crippen LogP contribution is 2.47. The van der Waals surface area contributed by atoms with Crippen LogP contribution in [0.25, 0.3) is 0 Å². The van der Waals surface area contributed by atoms with E-state index in [4.69, 9.17) is 4.74 Å². The SMILES string of the molecule is COc1c(O)ccc(C)c1C1(C(=O)O)CCCCC1. The van der Waals surface area contributed by atoms with Gasteiger partial charge in [0.2, 0.25) is 0 Å². The van der Waals surface area contributed by atoms with Crippen molar-refractivity contribution in [2.75, 3.05) is 7.11 Å². The van der Waals surface area contributed by atoms with Crippen molar-refractivity contribution in [3.8, 4) is 11.5 Å². The van der Waals surface area contributed by atoms with E-state index in [1.807, 2.05) is 6.92 Å². The van der Waals surface area contributed by atoms with Crippen molar-refractivity contribution in [1.29, 1.82) is 0 Å². The van der Waals surface area contributed by atoms with Gasteiger partial charge in [0.15, 0.2) is 11.5 Å². The molecule has 1 fully saturated rings. The summed E-state index contributed by atoms with van der Waals surface area (Å²) in [6.07, 6.45) is 4.05. The molecule has 1 aromatic rings. The molecule has 0 bridgehead atoms. The first-order chi connectivity index (χ1) is 9.03. The van der Waals surface area contributed by atoms with Crippen LogP contribution < -0.4 is 4.74 Å². The van der Waals surface area contributed by atoms with Crippen molar-refractivity contribution in [2.45, 2.75) is 44.4 Å². The van der Waals surface area contributed by atoms with E-state index in [0.29, 0.717) is 24.2 Å². The summed E-state index contributed by atoms with van der Waals surface area (Å²) in [5, 5.41) is 19.7. The predicted molar refractivity (Wildman–Crippen MR) is 71.8 cm³/mol. The number of ether oxygens (including phenoxy) is 1. The van der Waals surface area contributed by atoms with Crippen LogP contribution in [0.2, 0.25) is 0 Å². The van der Waals surface area contributed by atoms with Gasteiger partial charge in [-0.25, -0.2) is 0 Å². The predicted octanol–water partition coefficient (Wildman–Crippen LogP) is 3.00. The molecule has 0 spiro atoms. The van der Waals surface area contributed by atoms with Crippen LogP contribution in [0.1, 0.15) is 43.2 Å². The zero-order chi connectivity index (χ0) is 14.0. The number of phenols is 1. The lowest BCUT2D eigenvalue weighted by Gasteiger charge is -2.35. The van der Waals surface area contributed by atoms with Gasteiger partial charge in [0.25, 0.3) is 0 Å². The van der Waals surface area contributed by atoms with E-state index in [1.165, 1.54) is 7.11 Å². The molecule has 4 heteroatoms. The molecule has 19 heavy (non-hydrogen) atoms. The lowest BCUT2D eigenvalue weighted by atomic mass is 9.68. The molecule has 104 valence electrons. The Morgan fingerprint density at radius 1 is 1.26 bits per heavy atom. The van der Waals surface area contributed by atoms with Crippen molar-refractivity contribution < 1.29 is 19.7 Å². The van der Waals surface area contributed by atoms with Crippen LogP contribution in [0, 0.1) is 6.92 Å². The first-order valence-electron chi connectivity index (χ1n) is 6.63. The Balaban J connectivity index is 2.66. The number of carbonyl (C=O) groups is 1. The quantitative estimate of drug-likeness (QED) is 0.880. The molecule has 0 unspecified atom stereocenters. The van der Waals surface area contributed by atoms with Gasteiger partial charge >= 0.3 is 5.97 Å². The number of benzene rings is 1. The zero-order valence-electron chi connectivity index (χ0n) is 11.4. The van der Waals surface area contributed by atoms with E-state index < -0.39 is 11.4 Å². The lowest BCUT2D eigenvalue weighted by molar-refractivity contribution is -0.145. The molecule has 2 N–H and O–H groups in total. The molecule has 1 aromatic carbocycles. The van der Waals surface area contributed by atoms with Crippen molar-refractivity contribution in [3.63, 3.8) is 0 Å². The number of rotatable bonds is 3. The molecule has 1 saturated carbocycles. The number of aliphatic carboxylic acids is 1. The number of hydrogen-bond acceptors (Lipinski definition) is 3. The van der Waals surface area contributed by atoms with E-state index in [9.17, 15) is 15.0 Å². The Kier molecular flexibility index (Phi) is 3.69. The van der Waals surface area contributed by atoms with Gasteiger partial charge in [-0.15, -0.1) is 0 Å². The summed E-state index contributed by atoms with van der Waals surface area (Å²) in [7, 11) is 1.47. The summed E-state index contributed by atoms with van der Waals surface area (Å²) in [5.41, 5.74) is 0.577. The van der Waals surface area contributed by atoms with Crippen molar-refractivity contribution >= 4 is 5.97 Å². The maximum absolute atomic E-state index is 11.9. The van der Waals surface area contributed by atoms with Crippen molar-refractivity contribution in [2.24, 2.45) is 0 Å². The minimum atomic E-state index is -0.924. The maximum atomic E-state index is 11.9. The Labute approximate surface area is 113 Å². The monoisotopic (exact) mass is 264 g/mol. The minimum Gasteiger partial charge on any atom is -0.504 e. The molecule has 0 aliphatic heterocycles. The third-order valence-electron chi connectivity index (χ3n) is 4.14. The number of methoxy groups -OCH3 is 1. The van der Waals surface area contributed by atoms with Crippen molar-refractivity contribution in [3.05, 3.63) is 23.3 Å². The van der Waals surface area contributed by atoms with Crippen molar-refractivity contribution in [1.82, 2.24) is 0 Å². The van der Waals surface area contributed by atoms with Gasteiger partial charge < -0.3 is 14.9 Å². The van der Waals surface area contributed by atoms with E-state index in [2.05, 4.69) is 0 Å². The Morgan fingerprint density at radius 3 is 2.42 bits per heavy atom. The topological polar surface area (TPSA) is 66.8 Å². The zero-order valence-corrected chi connectivity index (χ0v) is 11.4. The molecule has 0 atom stereocenters. The first-order valence-corrected chi connectivity index (χ1v) is 6.63. The second kappa shape index (κ2) is 5.11. The first kappa shape index (κ1) is 13.7. The second-order valence-electron chi connectivity index (χ2n) is 5.26.